The van der Waals surface area contributed by atoms with Crippen LogP contribution in [-0.2, 0) is 0 Å². The fraction of sp³-hybridized carbons (Fsp3) is 0.0833. The van der Waals surface area contributed by atoms with Crippen LogP contribution in [0, 0.1) is 0 Å². The van der Waals surface area contributed by atoms with E-state index in [1.165, 1.54) is 0 Å². The van der Waals surface area contributed by atoms with Crippen molar-refractivity contribution in [2.24, 2.45) is 10.7 Å². The first-order valence-corrected chi connectivity index (χ1v) is 4.58. The van der Waals surface area contributed by atoms with Gasteiger partial charge in [-0.05, 0) is 23.3 Å². The van der Waals surface area contributed by atoms with E-state index in [1.54, 1.807) is 6.21 Å². The van der Waals surface area contributed by atoms with Crippen molar-refractivity contribution in [3.8, 4) is 0 Å². The highest BCUT2D eigenvalue weighted by atomic mass is 14.9. The first kappa shape index (κ1) is 8.91. The van der Waals surface area contributed by atoms with E-state index in [0.29, 0.717) is 0 Å². The van der Waals surface area contributed by atoms with E-state index in [4.69, 9.17) is 5.73 Å². The van der Waals surface area contributed by atoms with E-state index < -0.39 is 0 Å². The minimum absolute atomic E-state index is 0.222. The molecule has 0 radical (unpaired) electrons. The molecular weight excluding hydrogens is 172 g/mol. The van der Waals surface area contributed by atoms with Gasteiger partial charge in [-0.3, -0.25) is 4.99 Å². The minimum atomic E-state index is -0.222. The molecule has 70 valence electrons. The third-order valence-corrected chi connectivity index (χ3v) is 2.10. The summed E-state index contributed by atoms with van der Waals surface area (Å²) in [5.74, 6) is 0. The molecule has 0 aliphatic carbocycles. The zero-order valence-corrected chi connectivity index (χ0v) is 7.80. The Morgan fingerprint density at radius 1 is 1.21 bits per heavy atom. The van der Waals surface area contributed by atoms with Crippen LogP contribution in [0.3, 0.4) is 0 Å². The van der Waals surface area contributed by atoms with Crippen molar-refractivity contribution in [2.45, 2.75) is 6.17 Å². The van der Waals surface area contributed by atoms with Gasteiger partial charge in [-0.2, -0.15) is 0 Å². The third-order valence-electron chi connectivity index (χ3n) is 2.10. The average Bonchev–Trinajstić information content (AvgIpc) is 2.23. The lowest BCUT2D eigenvalue weighted by atomic mass is 10.1. The van der Waals surface area contributed by atoms with Crippen LogP contribution in [0.25, 0.3) is 6.08 Å². The lowest BCUT2D eigenvalue weighted by Crippen LogP contribution is -2.20. The Morgan fingerprint density at radius 3 is 2.71 bits per heavy atom. The summed E-state index contributed by atoms with van der Waals surface area (Å²) in [6.07, 6.45) is 7.45. The van der Waals surface area contributed by atoms with Crippen LogP contribution in [0.4, 0.5) is 0 Å². The molecule has 0 amide bonds. The summed E-state index contributed by atoms with van der Waals surface area (Å²) in [5, 5.41) is 0. The number of dihydropyridines is 1. The van der Waals surface area contributed by atoms with Crippen LogP contribution >= 0.6 is 0 Å². The molecule has 0 fully saturated rings. The normalized spacial score (nSPS) is 22.9. The van der Waals surface area contributed by atoms with Gasteiger partial charge in [0.25, 0.3) is 0 Å². The third kappa shape index (κ3) is 1.98. The molecule has 1 heterocycles. The first-order chi connectivity index (χ1) is 6.86. The molecule has 1 aromatic rings. The average molecular weight is 184 g/mol. The second-order valence-electron chi connectivity index (χ2n) is 3.16. The Balaban J connectivity index is 2.27. The van der Waals surface area contributed by atoms with Gasteiger partial charge in [-0.15, -0.1) is 0 Å². The number of nitrogens with zero attached hydrogens (tertiary/aromatic N) is 1. The molecule has 2 rings (SSSR count). The molecular formula is C12H12N2. The van der Waals surface area contributed by atoms with Gasteiger partial charge in [0, 0.05) is 6.21 Å². The van der Waals surface area contributed by atoms with Gasteiger partial charge in [0.1, 0.15) is 6.17 Å². The van der Waals surface area contributed by atoms with Crippen LogP contribution in [0.5, 0.6) is 0 Å². The second-order valence-corrected chi connectivity index (χ2v) is 3.16. The fourth-order valence-electron chi connectivity index (χ4n) is 1.36. The number of rotatable bonds is 1. The molecule has 1 aliphatic heterocycles. The van der Waals surface area contributed by atoms with Gasteiger partial charge >= 0.3 is 0 Å². The summed E-state index contributed by atoms with van der Waals surface area (Å²) in [5.41, 5.74) is 8.00. The Kier molecular flexibility index (Phi) is 2.56. The molecule has 0 saturated carbocycles. The van der Waals surface area contributed by atoms with Crippen molar-refractivity contribution in [1.82, 2.24) is 0 Å². The maximum Gasteiger partial charge on any atom is 0.123 e. The van der Waals surface area contributed by atoms with Gasteiger partial charge in [0.05, 0.1) is 0 Å². The van der Waals surface area contributed by atoms with Crippen molar-refractivity contribution >= 4 is 12.3 Å². The number of aliphatic imine (C=N–C) groups is 1. The molecule has 2 heteroatoms. The highest BCUT2D eigenvalue weighted by Crippen LogP contribution is 2.12. The van der Waals surface area contributed by atoms with Crippen molar-refractivity contribution < 1.29 is 0 Å². The largest absolute Gasteiger partial charge is 0.306 e. The standard InChI is InChI=1S/C12H12N2/c13-12-11(7-4-8-14-12)9-10-5-2-1-3-6-10/h1-9,12H,13H2. The molecule has 0 saturated heterocycles. The van der Waals surface area contributed by atoms with Gasteiger partial charge < -0.3 is 5.73 Å². The molecule has 0 aromatic heterocycles. The van der Waals surface area contributed by atoms with Crippen molar-refractivity contribution in [1.29, 1.82) is 0 Å². The number of nitrogens with two attached hydrogens (primary N) is 1. The summed E-state index contributed by atoms with van der Waals surface area (Å²) in [7, 11) is 0. The summed E-state index contributed by atoms with van der Waals surface area (Å²) in [6, 6.07) is 10.1. The molecule has 0 bridgehead atoms. The monoisotopic (exact) mass is 184 g/mol. The number of benzene rings is 1. The molecule has 1 unspecified atom stereocenters. The van der Waals surface area contributed by atoms with Gasteiger partial charge in [-0.25, -0.2) is 0 Å². The summed E-state index contributed by atoms with van der Waals surface area (Å²) in [4.78, 5) is 4.11. The Morgan fingerprint density at radius 2 is 2.00 bits per heavy atom. The molecule has 1 aliphatic rings. The first-order valence-electron chi connectivity index (χ1n) is 4.58. The smallest absolute Gasteiger partial charge is 0.123 e. The number of allylic oxidation sites excluding steroid dienone is 1. The van der Waals surface area contributed by atoms with Crippen LogP contribution in [0.1, 0.15) is 5.56 Å². The molecule has 1 atom stereocenters. The van der Waals surface area contributed by atoms with Crippen LogP contribution in [0.15, 0.2) is 53.0 Å². The minimum Gasteiger partial charge on any atom is -0.306 e. The zero-order chi connectivity index (χ0) is 9.80. The molecule has 14 heavy (non-hydrogen) atoms. The molecule has 1 aromatic carbocycles. The maximum atomic E-state index is 5.81. The maximum absolute atomic E-state index is 5.81. The van der Waals surface area contributed by atoms with E-state index in [2.05, 4.69) is 11.1 Å². The predicted octanol–water partition coefficient (Wildman–Crippen LogP) is 2.00. The molecule has 0 spiro atoms. The van der Waals surface area contributed by atoms with E-state index >= 15 is 0 Å². The van der Waals surface area contributed by atoms with Gasteiger partial charge in [-0.1, -0.05) is 36.4 Å². The SMILES string of the molecule is NC1N=CC=CC1=Cc1ccccc1. The van der Waals surface area contributed by atoms with Crippen molar-refractivity contribution in [3.63, 3.8) is 0 Å². The van der Waals surface area contributed by atoms with Crippen LogP contribution in [-0.4, -0.2) is 12.4 Å². The topological polar surface area (TPSA) is 38.4 Å². The quantitative estimate of drug-likeness (QED) is 0.712. The highest BCUT2D eigenvalue weighted by Gasteiger charge is 2.05. The van der Waals surface area contributed by atoms with E-state index in [1.807, 2.05) is 42.5 Å². The highest BCUT2D eigenvalue weighted by molar-refractivity contribution is 5.76. The summed E-state index contributed by atoms with van der Waals surface area (Å²) in [6.45, 7) is 0. The van der Waals surface area contributed by atoms with Crippen LogP contribution in [0.2, 0.25) is 0 Å². The Labute approximate surface area is 83.5 Å². The number of hydrogen-bond acceptors (Lipinski definition) is 2. The second kappa shape index (κ2) is 4.03. The summed E-state index contributed by atoms with van der Waals surface area (Å²) >= 11 is 0. The lowest BCUT2D eigenvalue weighted by Gasteiger charge is -2.10. The van der Waals surface area contributed by atoms with Gasteiger partial charge in [0.15, 0.2) is 0 Å². The van der Waals surface area contributed by atoms with Crippen molar-refractivity contribution in [3.05, 3.63) is 53.6 Å². The van der Waals surface area contributed by atoms with E-state index in [9.17, 15) is 0 Å². The van der Waals surface area contributed by atoms with Crippen LogP contribution < -0.4 is 5.73 Å². The fourth-order valence-corrected chi connectivity index (χ4v) is 1.36. The van der Waals surface area contributed by atoms with E-state index in [-0.39, 0.29) is 6.17 Å². The van der Waals surface area contributed by atoms with E-state index in [0.717, 1.165) is 11.1 Å². The zero-order valence-electron chi connectivity index (χ0n) is 7.80. The predicted molar refractivity (Wildman–Crippen MR) is 60.0 cm³/mol. The lowest BCUT2D eigenvalue weighted by molar-refractivity contribution is 0.846. The van der Waals surface area contributed by atoms with Gasteiger partial charge in [0.2, 0.25) is 0 Å². The number of hydrogen-bond donors (Lipinski definition) is 1. The molecule has 2 N–H and O–H groups in total. The Bertz CT molecular complexity index is 388. The summed E-state index contributed by atoms with van der Waals surface area (Å²) < 4.78 is 0. The molecule has 2 nitrogen and oxygen atoms in total. The van der Waals surface area contributed by atoms with Crippen molar-refractivity contribution in [2.75, 3.05) is 0 Å². The Hall–Kier alpha value is -1.67.